The Labute approximate surface area is 93.5 Å². The summed E-state index contributed by atoms with van der Waals surface area (Å²) >= 11 is 0. The van der Waals surface area contributed by atoms with Crippen molar-refractivity contribution in [2.24, 2.45) is 11.8 Å². The first-order chi connectivity index (χ1) is 7.34. The van der Waals surface area contributed by atoms with Crippen molar-refractivity contribution in [2.45, 2.75) is 26.2 Å². The van der Waals surface area contributed by atoms with Crippen molar-refractivity contribution >= 4 is 0 Å². The SMILES string of the molecule is COCCOCCCNCC(C)C1CC1. The maximum absolute atomic E-state index is 5.38. The lowest BCUT2D eigenvalue weighted by molar-refractivity contribution is 0.0694. The lowest BCUT2D eigenvalue weighted by Gasteiger charge is -2.11. The molecule has 15 heavy (non-hydrogen) atoms. The van der Waals surface area contributed by atoms with E-state index in [0.29, 0.717) is 6.61 Å². The average molecular weight is 215 g/mol. The van der Waals surface area contributed by atoms with Crippen LogP contribution in [0.5, 0.6) is 0 Å². The van der Waals surface area contributed by atoms with Crippen LogP contribution in [0.2, 0.25) is 0 Å². The number of nitrogens with one attached hydrogen (secondary N) is 1. The van der Waals surface area contributed by atoms with E-state index in [-0.39, 0.29) is 0 Å². The molecule has 3 heteroatoms. The Kier molecular flexibility index (Phi) is 6.98. The molecule has 1 aliphatic carbocycles. The van der Waals surface area contributed by atoms with Gasteiger partial charge in [-0.05, 0) is 44.2 Å². The van der Waals surface area contributed by atoms with Crippen molar-refractivity contribution in [3.05, 3.63) is 0 Å². The van der Waals surface area contributed by atoms with E-state index in [9.17, 15) is 0 Å². The summed E-state index contributed by atoms with van der Waals surface area (Å²) in [6.07, 6.45) is 3.99. The molecule has 0 aliphatic heterocycles. The molecule has 0 aromatic heterocycles. The van der Waals surface area contributed by atoms with E-state index in [0.717, 1.165) is 38.0 Å². The van der Waals surface area contributed by atoms with E-state index >= 15 is 0 Å². The Bertz CT molecular complexity index is 149. The van der Waals surface area contributed by atoms with Crippen LogP contribution in [0.1, 0.15) is 26.2 Å². The smallest absolute Gasteiger partial charge is 0.0700 e. The minimum atomic E-state index is 0.701. The highest BCUT2D eigenvalue weighted by Gasteiger charge is 2.27. The second-order valence-electron chi connectivity index (χ2n) is 4.48. The molecule has 0 bridgehead atoms. The number of ether oxygens (including phenoxy) is 2. The van der Waals surface area contributed by atoms with Crippen molar-refractivity contribution in [3.8, 4) is 0 Å². The van der Waals surface area contributed by atoms with E-state index in [1.165, 1.54) is 19.4 Å². The molecule has 90 valence electrons. The largest absolute Gasteiger partial charge is 0.382 e. The molecule has 1 aliphatic rings. The standard InChI is InChI=1S/C12H25NO2/c1-11(12-4-5-12)10-13-6-3-7-15-9-8-14-2/h11-13H,3-10H2,1-2H3. The Morgan fingerprint density at radius 1 is 1.27 bits per heavy atom. The van der Waals surface area contributed by atoms with Gasteiger partial charge in [-0.2, -0.15) is 0 Å². The molecule has 1 unspecified atom stereocenters. The van der Waals surface area contributed by atoms with Gasteiger partial charge in [0.15, 0.2) is 0 Å². The lowest BCUT2D eigenvalue weighted by Crippen LogP contribution is -2.24. The van der Waals surface area contributed by atoms with Crippen molar-refractivity contribution in [2.75, 3.05) is 40.0 Å². The monoisotopic (exact) mass is 215 g/mol. The third kappa shape index (κ3) is 6.88. The van der Waals surface area contributed by atoms with Crippen LogP contribution < -0.4 is 5.32 Å². The molecule has 3 nitrogen and oxygen atoms in total. The van der Waals surface area contributed by atoms with Gasteiger partial charge in [-0.1, -0.05) is 6.92 Å². The topological polar surface area (TPSA) is 30.5 Å². The zero-order chi connectivity index (χ0) is 10.9. The van der Waals surface area contributed by atoms with E-state index in [4.69, 9.17) is 9.47 Å². The molecule has 0 heterocycles. The molecule has 0 aromatic rings. The van der Waals surface area contributed by atoms with Crippen LogP contribution >= 0.6 is 0 Å². The summed E-state index contributed by atoms with van der Waals surface area (Å²) in [4.78, 5) is 0. The number of rotatable bonds is 10. The third-order valence-corrected chi connectivity index (χ3v) is 2.97. The van der Waals surface area contributed by atoms with Crippen LogP contribution in [0.3, 0.4) is 0 Å². The van der Waals surface area contributed by atoms with Crippen molar-refractivity contribution < 1.29 is 9.47 Å². The molecule has 0 aromatic carbocycles. The molecule has 1 atom stereocenters. The van der Waals surface area contributed by atoms with E-state index < -0.39 is 0 Å². The van der Waals surface area contributed by atoms with Gasteiger partial charge in [0.1, 0.15) is 0 Å². The van der Waals surface area contributed by atoms with Crippen LogP contribution in [0.4, 0.5) is 0 Å². The first kappa shape index (κ1) is 12.9. The quantitative estimate of drug-likeness (QED) is 0.562. The fourth-order valence-electron chi connectivity index (χ4n) is 1.71. The van der Waals surface area contributed by atoms with Gasteiger partial charge in [0.25, 0.3) is 0 Å². The first-order valence-corrected chi connectivity index (χ1v) is 6.12. The Hall–Kier alpha value is -0.120. The molecule has 1 rings (SSSR count). The van der Waals surface area contributed by atoms with E-state index in [1.807, 2.05) is 0 Å². The maximum Gasteiger partial charge on any atom is 0.0700 e. The zero-order valence-corrected chi connectivity index (χ0v) is 10.1. The number of methoxy groups -OCH3 is 1. The second kappa shape index (κ2) is 8.08. The fourth-order valence-corrected chi connectivity index (χ4v) is 1.71. The third-order valence-electron chi connectivity index (χ3n) is 2.97. The summed E-state index contributed by atoms with van der Waals surface area (Å²) in [6.45, 7) is 6.85. The Balaban J connectivity index is 1.72. The molecule has 0 radical (unpaired) electrons. The molecule has 0 saturated heterocycles. The summed E-state index contributed by atoms with van der Waals surface area (Å²) in [7, 11) is 1.70. The summed E-state index contributed by atoms with van der Waals surface area (Å²) in [5, 5.41) is 3.49. The van der Waals surface area contributed by atoms with Gasteiger partial charge in [-0.15, -0.1) is 0 Å². The average Bonchev–Trinajstić information content (AvgIpc) is 3.05. The van der Waals surface area contributed by atoms with E-state index in [2.05, 4.69) is 12.2 Å². The highest BCUT2D eigenvalue weighted by molar-refractivity contribution is 4.79. The van der Waals surface area contributed by atoms with Crippen LogP contribution in [0.15, 0.2) is 0 Å². The minimum absolute atomic E-state index is 0.701. The summed E-state index contributed by atoms with van der Waals surface area (Å²) in [5.74, 6) is 1.87. The number of hydrogen-bond donors (Lipinski definition) is 1. The molecule has 0 amide bonds. The van der Waals surface area contributed by atoms with Crippen LogP contribution in [0.25, 0.3) is 0 Å². The van der Waals surface area contributed by atoms with Crippen LogP contribution in [-0.2, 0) is 9.47 Å². The summed E-state index contributed by atoms with van der Waals surface area (Å²) in [6, 6.07) is 0. The predicted molar refractivity (Wildman–Crippen MR) is 62.1 cm³/mol. The fraction of sp³-hybridized carbons (Fsp3) is 1.00. The zero-order valence-electron chi connectivity index (χ0n) is 10.1. The molecular weight excluding hydrogens is 190 g/mol. The molecular formula is C12H25NO2. The summed E-state index contributed by atoms with van der Waals surface area (Å²) in [5.41, 5.74) is 0. The van der Waals surface area contributed by atoms with Gasteiger partial charge < -0.3 is 14.8 Å². The lowest BCUT2D eigenvalue weighted by atomic mass is 10.1. The first-order valence-electron chi connectivity index (χ1n) is 6.12. The van der Waals surface area contributed by atoms with Gasteiger partial charge in [-0.25, -0.2) is 0 Å². The van der Waals surface area contributed by atoms with Crippen molar-refractivity contribution in [1.82, 2.24) is 5.32 Å². The maximum atomic E-state index is 5.38. The molecule has 1 saturated carbocycles. The highest BCUT2D eigenvalue weighted by Crippen LogP contribution is 2.35. The number of hydrogen-bond acceptors (Lipinski definition) is 3. The molecule has 1 fully saturated rings. The van der Waals surface area contributed by atoms with Gasteiger partial charge in [0.05, 0.1) is 13.2 Å². The minimum Gasteiger partial charge on any atom is -0.382 e. The predicted octanol–water partition coefficient (Wildman–Crippen LogP) is 1.68. The van der Waals surface area contributed by atoms with Gasteiger partial charge in [-0.3, -0.25) is 0 Å². The highest BCUT2D eigenvalue weighted by atomic mass is 16.5. The summed E-state index contributed by atoms with van der Waals surface area (Å²) < 4.78 is 10.3. The Morgan fingerprint density at radius 2 is 2.07 bits per heavy atom. The van der Waals surface area contributed by atoms with E-state index in [1.54, 1.807) is 7.11 Å². The van der Waals surface area contributed by atoms with Gasteiger partial charge in [0.2, 0.25) is 0 Å². The second-order valence-corrected chi connectivity index (χ2v) is 4.48. The van der Waals surface area contributed by atoms with Gasteiger partial charge >= 0.3 is 0 Å². The molecule has 1 N–H and O–H groups in total. The van der Waals surface area contributed by atoms with Gasteiger partial charge in [0, 0.05) is 13.7 Å². The van der Waals surface area contributed by atoms with Crippen LogP contribution in [-0.4, -0.2) is 40.0 Å². The molecule has 0 spiro atoms. The van der Waals surface area contributed by atoms with Crippen LogP contribution in [0, 0.1) is 11.8 Å². The normalized spacial score (nSPS) is 18.0. The Morgan fingerprint density at radius 3 is 2.73 bits per heavy atom. The van der Waals surface area contributed by atoms with Crippen molar-refractivity contribution in [3.63, 3.8) is 0 Å². The van der Waals surface area contributed by atoms with Crippen molar-refractivity contribution in [1.29, 1.82) is 0 Å².